The zero-order chi connectivity index (χ0) is 14.5. The Bertz CT molecular complexity index is 684. The molecule has 1 unspecified atom stereocenters. The lowest BCUT2D eigenvalue weighted by atomic mass is 10.0. The van der Waals surface area contributed by atoms with Gasteiger partial charge in [-0.25, -0.2) is 4.98 Å². The highest BCUT2D eigenvalue weighted by Crippen LogP contribution is 2.18. The van der Waals surface area contributed by atoms with Crippen LogP contribution in [-0.4, -0.2) is 27.2 Å². The topological polar surface area (TPSA) is 76.7 Å². The second-order valence-corrected chi connectivity index (χ2v) is 4.56. The third kappa shape index (κ3) is 3.11. The summed E-state index contributed by atoms with van der Waals surface area (Å²) in [6.45, 7) is 0. The van der Waals surface area contributed by atoms with E-state index < -0.39 is 0 Å². The molecule has 0 aliphatic carbocycles. The third-order valence-electron chi connectivity index (χ3n) is 3.19. The Balaban J connectivity index is 1.78. The van der Waals surface area contributed by atoms with Crippen LogP contribution >= 0.6 is 0 Å². The molecule has 0 aliphatic heterocycles. The van der Waals surface area contributed by atoms with Crippen molar-refractivity contribution < 1.29 is 4.52 Å². The van der Waals surface area contributed by atoms with Gasteiger partial charge >= 0.3 is 0 Å². The lowest BCUT2D eigenvalue weighted by molar-refractivity contribution is 0.362. The standard InChI is InChI=1S/C15H15N5O/c1-16-12(11-5-3-2-4-6-11)9-14-19-15(20-21-14)13-10-17-7-8-18-13/h2-8,10,12,16H,9H2,1H3. The van der Waals surface area contributed by atoms with Crippen molar-refractivity contribution in [3.8, 4) is 11.5 Å². The first-order valence-electron chi connectivity index (χ1n) is 6.68. The van der Waals surface area contributed by atoms with E-state index in [9.17, 15) is 0 Å². The van der Waals surface area contributed by atoms with Gasteiger partial charge in [-0.1, -0.05) is 35.5 Å². The van der Waals surface area contributed by atoms with Crippen LogP contribution in [0.4, 0.5) is 0 Å². The van der Waals surface area contributed by atoms with Crippen molar-refractivity contribution in [3.63, 3.8) is 0 Å². The van der Waals surface area contributed by atoms with E-state index >= 15 is 0 Å². The number of likely N-dealkylation sites (N-methyl/N-ethyl adjacent to an activating group) is 1. The molecule has 1 N–H and O–H groups in total. The number of rotatable bonds is 5. The van der Waals surface area contributed by atoms with Gasteiger partial charge in [-0.3, -0.25) is 4.98 Å². The number of benzene rings is 1. The number of nitrogens with one attached hydrogen (secondary N) is 1. The molecular weight excluding hydrogens is 266 g/mol. The maximum atomic E-state index is 5.30. The molecule has 0 spiro atoms. The van der Waals surface area contributed by atoms with E-state index in [0.29, 0.717) is 23.8 Å². The van der Waals surface area contributed by atoms with Crippen LogP contribution in [0.25, 0.3) is 11.5 Å². The quantitative estimate of drug-likeness (QED) is 0.771. The van der Waals surface area contributed by atoms with Gasteiger partial charge in [-0.2, -0.15) is 4.98 Å². The Morgan fingerprint density at radius 2 is 2.05 bits per heavy atom. The first kappa shape index (κ1) is 13.4. The SMILES string of the molecule is CNC(Cc1nc(-c2cnccn2)no1)c1ccccc1. The molecular formula is C15H15N5O. The molecule has 2 aromatic heterocycles. The summed E-state index contributed by atoms with van der Waals surface area (Å²) in [6, 6.07) is 10.3. The van der Waals surface area contributed by atoms with Gasteiger partial charge in [0.05, 0.1) is 6.20 Å². The molecule has 2 heterocycles. The first-order chi connectivity index (χ1) is 10.4. The van der Waals surface area contributed by atoms with Crippen molar-refractivity contribution in [3.05, 3.63) is 60.4 Å². The number of aromatic nitrogens is 4. The monoisotopic (exact) mass is 281 g/mol. The Hall–Kier alpha value is -2.60. The Kier molecular flexibility index (Phi) is 3.97. The number of hydrogen-bond acceptors (Lipinski definition) is 6. The summed E-state index contributed by atoms with van der Waals surface area (Å²) < 4.78 is 5.30. The molecule has 6 nitrogen and oxygen atoms in total. The van der Waals surface area contributed by atoms with Crippen molar-refractivity contribution in [2.24, 2.45) is 0 Å². The highest BCUT2D eigenvalue weighted by atomic mass is 16.5. The fourth-order valence-corrected chi connectivity index (χ4v) is 2.10. The fraction of sp³-hybridized carbons (Fsp3) is 0.200. The lowest BCUT2D eigenvalue weighted by Gasteiger charge is -2.13. The molecule has 0 saturated heterocycles. The van der Waals surface area contributed by atoms with Crippen molar-refractivity contribution in [2.75, 3.05) is 7.05 Å². The summed E-state index contributed by atoms with van der Waals surface area (Å²) >= 11 is 0. The number of hydrogen-bond donors (Lipinski definition) is 1. The number of nitrogens with zero attached hydrogens (tertiary/aromatic N) is 4. The van der Waals surface area contributed by atoms with Gasteiger partial charge in [0.2, 0.25) is 11.7 Å². The van der Waals surface area contributed by atoms with E-state index in [-0.39, 0.29) is 6.04 Å². The van der Waals surface area contributed by atoms with Crippen LogP contribution < -0.4 is 5.32 Å². The molecule has 3 aromatic rings. The zero-order valence-corrected chi connectivity index (χ0v) is 11.6. The predicted molar refractivity (Wildman–Crippen MR) is 77.3 cm³/mol. The van der Waals surface area contributed by atoms with Gasteiger partial charge in [0.25, 0.3) is 0 Å². The maximum absolute atomic E-state index is 5.30. The second-order valence-electron chi connectivity index (χ2n) is 4.56. The molecule has 0 radical (unpaired) electrons. The lowest BCUT2D eigenvalue weighted by Crippen LogP contribution is -2.18. The Morgan fingerprint density at radius 3 is 2.76 bits per heavy atom. The van der Waals surface area contributed by atoms with Gasteiger partial charge in [0.15, 0.2) is 0 Å². The summed E-state index contributed by atoms with van der Waals surface area (Å²) in [6.07, 6.45) is 5.44. The second kappa shape index (κ2) is 6.23. The smallest absolute Gasteiger partial charge is 0.228 e. The van der Waals surface area contributed by atoms with Crippen LogP contribution in [-0.2, 0) is 6.42 Å². The van der Waals surface area contributed by atoms with E-state index in [4.69, 9.17) is 4.52 Å². The largest absolute Gasteiger partial charge is 0.339 e. The van der Waals surface area contributed by atoms with Crippen molar-refractivity contribution in [2.45, 2.75) is 12.5 Å². The average molecular weight is 281 g/mol. The molecule has 0 fully saturated rings. The van der Waals surface area contributed by atoms with Gasteiger partial charge in [0, 0.05) is 24.9 Å². The maximum Gasteiger partial charge on any atom is 0.228 e. The van der Waals surface area contributed by atoms with Crippen LogP contribution in [0.3, 0.4) is 0 Å². The van der Waals surface area contributed by atoms with Gasteiger partial charge in [0.1, 0.15) is 5.69 Å². The summed E-state index contributed by atoms with van der Waals surface area (Å²) in [4.78, 5) is 12.5. The van der Waals surface area contributed by atoms with Crippen LogP contribution in [0.2, 0.25) is 0 Å². The molecule has 1 atom stereocenters. The normalized spacial score (nSPS) is 12.2. The predicted octanol–water partition coefficient (Wildman–Crippen LogP) is 2.03. The van der Waals surface area contributed by atoms with Crippen LogP contribution in [0.1, 0.15) is 17.5 Å². The van der Waals surface area contributed by atoms with Gasteiger partial charge in [-0.15, -0.1) is 0 Å². The van der Waals surface area contributed by atoms with Gasteiger partial charge in [-0.05, 0) is 12.6 Å². The average Bonchev–Trinajstić information content (AvgIpc) is 3.03. The van der Waals surface area contributed by atoms with Crippen LogP contribution in [0, 0.1) is 0 Å². The van der Waals surface area contributed by atoms with E-state index in [1.165, 1.54) is 5.56 Å². The summed E-state index contributed by atoms with van der Waals surface area (Å²) in [5, 5.41) is 7.21. The van der Waals surface area contributed by atoms with E-state index in [1.807, 2.05) is 25.2 Å². The minimum atomic E-state index is 0.126. The highest BCUT2D eigenvalue weighted by Gasteiger charge is 2.16. The van der Waals surface area contributed by atoms with Gasteiger partial charge < -0.3 is 9.84 Å². The Labute approximate surface area is 122 Å². The minimum absolute atomic E-state index is 0.126. The van der Waals surface area contributed by atoms with E-state index in [2.05, 4.69) is 37.6 Å². The first-order valence-corrected chi connectivity index (χ1v) is 6.68. The summed E-state index contributed by atoms with van der Waals surface area (Å²) in [5.74, 6) is 1.03. The molecule has 3 rings (SSSR count). The minimum Gasteiger partial charge on any atom is -0.339 e. The fourth-order valence-electron chi connectivity index (χ4n) is 2.10. The molecule has 0 amide bonds. The summed E-state index contributed by atoms with van der Waals surface area (Å²) in [7, 11) is 1.91. The molecule has 0 saturated carbocycles. The van der Waals surface area contributed by atoms with E-state index in [1.54, 1.807) is 18.6 Å². The molecule has 0 bridgehead atoms. The van der Waals surface area contributed by atoms with Crippen molar-refractivity contribution in [1.82, 2.24) is 25.4 Å². The van der Waals surface area contributed by atoms with E-state index in [0.717, 1.165) is 0 Å². The van der Waals surface area contributed by atoms with Crippen molar-refractivity contribution in [1.29, 1.82) is 0 Å². The Morgan fingerprint density at radius 1 is 1.19 bits per heavy atom. The summed E-state index contributed by atoms with van der Waals surface area (Å²) in [5.41, 5.74) is 1.78. The molecule has 6 heteroatoms. The van der Waals surface area contributed by atoms with Crippen LogP contribution in [0.15, 0.2) is 53.4 Å². The molecule has 21 heavy (non-hydrogen) atoms. The zero-order valence-electron chi connectivity index (χ0n) is 11.6. The molecule has 106 valence electrons. The third-order valence-corrected chi connectivity index (χ3v) is 3.19. The molecule has 1 aromatic carbocycles. The molecule has 0 aliphatic rings. The van der Waals surface area contributed by atoms with Crippen molar-refractivity contribution >= 4 is 0 Å². The highest BCUT2D eigenvalue weighted by molar-refractivity contribution is 5.45. The van der Waals surface area contributed by atoms with Crippen LogP contribution in [0.5, 0.6) is 0 Å².